The number of nitrogens with zero attached hydrogens (tertiary/aromatic N) is 2. The molecule has 0 saturated carbocycles. The van der Waals surface area contributed by atoms with E-state index in [1.165, 1.54) is 7.11 Å². The van der Waals surface area contributed by atoms with E-state index < -0.39 is 0 Å². The summed E-state index contributed by atoms with van der Waals surface area (Å²) in [6.45, 7) is 1.28. The molecule has 3 N–H and O–H groups in total. The predicted octanol–water partition coefficient (Wildman–Crippen LogP) is 2.18. The van der Waals surface area contributed by atoms with Gasteiger partial charge in [0, 0.05) is 31.4 Å². The predicted molar refractivity (Wildman–Crippen MR) is 109 cm³/mol. The van der Waals surface area contributed by atoms with E-state index in [1.54, 1.807) is 18.3 Å². The Kier molecular flexibility index (Phi) is 9.53. The third-order valence-electron chi connectivity index (χ3n) is 3.47. The Labute approximate surface area is 164 Å². The number of esters is 1. The zero-order valence-corrected chi connectivity index (χ0v) is 16.5. The van der Waals surface area contributed by atoms with Crippen LogP contribution in [0.1, 0.15) is 21.6 Å². The summed E-state index contributed by atoms with van der Waals surface area (Å²) in [5, 5.41) is 3.08. The molecule has 0 amide bonds. The number of carbonyl (C=O) groups excluding carboxylic acids is 1. The first-order valence-electron chi connectivity index (χ1n) is 7.80. The molecule has 134 valence electrons. The van der Waals surface area contributed by atoms with Gasteiger partial charge in [-0.1, -0.05) is 18.2 Å². The second-order valence-corrected chi connectivity index (χ2v) is 5.20. The molecule has 0 radical (unpaired) electrons. The number of aliphatic imine (C=N–C) groups is 1. The number of guanidine groups is 1. The molecule has 1 aromatic heterocycles. The van der Waals surface area contributed by atoms with Crippen LogP contribution in [0.2, 0.25) is 0 Å². The fourth-order valence-corrected chi connectivity index (χ4v) is 2.15. The van der Waals surface area contributed by atoms with Gasteiger partial charge in [0.25, 0.3) is 0 Å². The van der Waals surface area contributed by atoms with Crippen molar-refractivity contribution in [1.29, 1.82) is 0 Å². The van der Waals surface area contributed by atoms with E-state index in [1.807, 2.05) is 30.3 Å². The van der Waals surface area contributed by atoms with Crippen molar-refractivity contribution < 1.29 is 9.53 Å². The van der Waals surface area contributed by atoms with Crippen molar-refractivity contribution in [3.05, 3.63) is 65.5 Å². The molecule has 0 atom stereocenters. The normalized spacial score (nSPS) is 10.7. The van der Waals surface area contributed by atoms with Gasteiger partial charge in [-0.05, 0) is 36.2 Å². The van der Waals surface area contributed by atoms with Gasteiger partial charge >= 0.3 is 5.97 Å². The van der Waals surface area contributed by atoms with Gasteiger partial charge in [0.05, 0.1) is 12.7 Å². The number of hydrogen-bond donors (Lipinski definition) is 2. The maximum Gasteiger partial charge on any atom is 0.337 e. The van der Waals surface area contributed by atoms with Crippen molar-refractivity contribution in [3.8, 4) is 0 Å². The number of pyridine rings is 1. The molecule has 1 heterocycles. The van der Waals surface area contributed by atoms with E-state index in [0.717, 1.165) is 24.1 Å². The molecular formula is C18H23IN4O2. The Morgan fingerprint density at radius 2 is 1.96 bits per heavy atom. The minimum atomic E-state index is -0.330. The summed E-state index contributed by atoms with van der Waals surface area (Å²) >= 11 is 0. The smallest absolute Gasteiger partial charge is 0.337 e. The lowest BCUT2D eigenvalue weighted by Gasteiger charge is -2.06. The molecular weight excluding hydrogens is 431 g/mol. The van der Waals surface area contributed by atoms with Crippen molar-refractivity contribution >= 4 is 35.9 Å². The second-order valence-electron chi connectivity index (χ2n) is 5.20. The van der Waals surface area contributed by atoms with Gasteiger partial charge in [0.15, 0.2) is 5.96 Å². The molecule has 25 heavy (non-hydrogen) atoms. The highest BCUT2D eigenvalue weighted by atomic mass is 127. The molecule has 0 bridgehead atoms. The minimum Gasteiger partial charge on any atom is -0.465 e. The summed E-state index contributed by atoms with van der Waals surface area (Å²) in [5.41, 5.74) is 8.49. The number of hydrogen-bond acceptors (Lipinski definition) is 4. The number of aromatic nitrogens is 1. The summed E-state index contributed by atoms with van der Waals surface area (Å²) < 4.78 is 4.67. The third-order valence-corrected chi connectivity index (χ3v) is 3.47. The van der Waals surface area contributed by atoms with Crippen LogP contribution in [0.15, 0.2) is 53.7 Å². The van der Waals surface area contributed by atoms with Crippen LogP contribution >= 0.6 is 24.0 Å². The highest BCUT2D eigenvalue weighted by Gasteiger charge is 2.04. The molecule has 0 unspecified atom stereocenters. The quantitative estimate of drug-likeness (QED) is 0.290. The molecule has 0 aliphatic carbocycles. The lowest BCUT2D eigenvalue weighted by molar-refractivity contribution is 0.0600. The number of nitrogens with one attached hydrogen (secondary N) is 1. The molecule has 0 aliphatic rings. The van der Waals surface area contributed by atoms with Crippen LogP contribution in [0.3, 0.4) is 0 Å². The topological polar surface area (TPSA) is 89.6 Å². The average molecular weight is 454 g/mol. The number of benzene rings is 1. The standard InChI is InChI=1S/C18H22N4O2.HI/c1-24-17(23)15-7-5-14(6-8-15)9-12-21-18(19)22-13-10-16-4-2-3-11-20-16;/h2-8,11H,9-10,12-13H2,1H3,(H3,19,21,22);1H. The number of methoxy groups -OCH3 is 1. The van der Waals surface area contributed by atoms with Crippen molar-refractivity contribution in [2.75, 3.05) is 20.2 Å². The Hall–Kier alpha value is -2.16. The summed E-state index contributed by atoms with van der Waals surface area (Å²) in [4.78, 5) is 19.9. The van der Waals surface area contributed by atoms with Crippen LogP contribution in [-0.2, 0) is 17.6 Å². The number of rotatable bonds is 7. The molecule has 0 aliphatic heterocycles. The first-order valence-corrected chi connectivity index (χ1v) is 7.80. The summed E-state index contributed by atoms with van der Waals surface area (Å²) in [6, 6.07) is 13.1. The molecule has 2 rings (SSSR count). The Morgan fingerprint density at radius 3 is 2.60 bits per heavy atom. The SMILES string of the molecule is COC(=O)c1ccc(CCNC(N)=NCCc2ccccn2)cc1.I. The van der Waals surface area contributed by atoms with E-state index in [-0.39, 0.29) is 29.9 Å². The first-order chi connectivity index (χ1) is 11.7. The van der Waals surface area contributed by atoms with E-state index in [0.29, 0.717) is 24.6 Å². The monoisotopic (exact) mass is 454 g/mol. The highest BCUT2D eigenvalue weighted by Crippen LogP contribution is 2.06. The van der Waals surface area contributed by atoms with E-state index in [4.69, 9.17) is 5.73 Å². The van der Waals surface area contributed by atoms with Gasteiger partial charge < -0.3 is 15.8 Å². The average Bonchev–Trinajstić information content (AvgIpc) is 2.62. The van der Waals surface area contributed by atoms with Gasteiger partial charge in [-0.2, -0.15) is 0 Å². The van der Waals surface area contributed by atoms with Crippen LogP contribution in [0, 0.1) is 0 Å². The maximum atomic E-state index is 11.4. The molecule has 7 heteroatoms. The van der Waals surface area contributed by atoms with Crippen LogP contribution in [-0.4, -0.2) is 37.1 Å². The van der Waals surface area contributed by atoms with Gasteiger partial charge in [0.2, 0.25) is 0 Å². The number of nitrogens with two attached hydrogens (primary N) is 1. The Morgan fingerprint density at radius 1 is 1.20 bits per heavy atom. The Bertz CT molecular complexity index is 675. The zero-order chi connectivity index (χ0) is 17.2. The van der Waals surface area contributed by atoms with Crippen molar-refractivity contribution in [1.82, 2.24) is 10.3 Å². The fraction of sp³-hybridized carbons (Fsp3) is 0.278. The van der Waals surface area contributed by atoms with Crippen LogP contribution in [0.4, 0.5) is 0 Å². The van der Waals surface area contributed by atoms with E-state index in [9.17, 15) is 4.79 Å². The van der Waals surface area contributed by atoms with E-state index >= 15 is 0 Å². The van der Waals surface area contributed by atoms with Crippen LogP contribution in [0.5, 0.6) is 0 Å². The van der Waals surface area contributed by atoms with Crippen molar-refractivity contribution in [3.63, 3.8) is 0 Å². The second kappa shape index (κ2) is 11.4. The maximum absolute atomic E-state index is 11.4. The fourth-order valence-electron chi connectivity index (χ4n) is 2.15. The number of carbonyl (C=O) groups is 1. The third kappa shape index (κ3) is 7.51. The lowest BCUT2D eigenvalue weighted by atomic mass is 10.1. The summed E-state index contributed by atoms with van der Waals surface area (Å²) in [6.07, 6.45) is 3.32. The zero-order valence-electron chi connectivity index (χ0n) is 14.1. The van der Waals surface area contributed by atoms with Crippen LogP contribution < -0.4 is 11.1 Å². The number of ether oxygens (including phenoxy) is 1. The summed E-state index contributed by atoms with van der Waals surface area (Å²) in [7, 11) is 1.37. The highest BCUT2D eigenvalue weighted by molar-refractivity contribution is 14.0. The molecule has 6 nitrogen and oxygen atoms in total. The minimum absolute atomic E-state index is 0. The first kappa shape index (κ1) is 20.9. The summed E-state index contributed by atoms with van der Waals surface area (Å²) in [5.74, 6) is 0.0982. The molecule has 0 spiro atoms. The van der Waals surface area contributed by atoms with Gasteiger partial charge in [0.1, 0.15) is 0 Å². The molecule has 0 fully saturated rings. The molecule has 1 aromatic carbocycles. The lowest BCUT2D eigenvalue weighted by Crippen LogP contribution is -2.33. The van der Waals surface area contributed by atoms with Crippen molar-refractivity contribution in [2.24, 2.45) is 10.7 Å². The number of halogens is 1. The van der Waals surface area contributed by atoms with Gasteiger partial charge in [-0.25, -0.2) is 4.79 Å². The molecule has 2 aromatic rings. The van der Waals surface area contributed by atoms with Crippen molar-refractivity contribution in [2.45, 2.75) is 12.8 Å². The van der Waals surface area contributed by atoms with E-state index in [2.05, 4.69) is 20.0 Å². The largest absolute Gasteiger partial charge is 0.465 e. The van der Waals surface area contributed by atoms with Gasteiger partial charge in [-0.15, -0.1) is 24.0 Å². The van der Waals surface area contributed by atoms with Crippen LogP contribution in [0.25, 0.3) is 0 Å². The Balaban J connectivity index is 0.00000312. The van der Waals surface area contributed by atoms with Gasteiger partial charge in [-0.3, -0.25) is 9.98 Å². The molecule has 0 saturated heterocycles.